The predicted molar refractivity (Wildman–Crippen MR) is 162 cm³/mol. The van der Waals surface area contributed by atoms with E-state index in [4.69, 9.17) is 9.47 Å². The first kappa shape index (κ1) is 31.6. The van der Waals surface area contributed by atoms with Crippen LogP contribution < -0.4 is 0 Å². The number of hydrogen-bond acceptors (Lipinski definition) is 4. The first-order chi connectivity index (χ1) is 18.7. The van der Waals surface area contributed by atoms with Crippen LogP contribution in [0.4, 0.5) is 0 Å². The average molecular weight is 549 g/mol. The number of quaternary nitrogens is 1. The maximum Gasteiger partial charge on any atom is 0.370 e. The van der Waals surface area contributed by atoms with Crippen molar-refractivity contribution in [2.45, 2.75) is 91.4 Å². The molecule has 0 bridgehead atoms. The lowest BCUT2D eigenvalue weighted by Crippen LogP contribution is -2.49. The van der Waals surface area contributed by atoms with Crippen molar-refractivity contribution in [1.82, 2.24) is 0 Å². The summed E-state index contributed by atoms with van der Waals surface area (Å²) in [5, 5.41) is 0. The van der Waals surface area contributed by atoms with E-state index in [1.807, 2.05) is 58.9 Å². The standard InChI is InChI=1S/C35H50NO4/c1-10-11-21-36(8,9)32(30-23-28(19-18-25(30)3)33(37)40-35(5,6)7)34(38)39-31-22-24(2)17-20-29(31)26(4)27-15-13-12-14-16-27/h10-16,18-19,23-24,26,29,31-32H,17,20-22H2,1-9H3/q+1/b11-10+/t24-,26?,29+,31-,32+/m1/s1. The van der Waals surface area contributed by atoms with E-state index in [-0.39, 0.29) is 23.9 Å². The first-order valence-corrected chi connectivity index (χ1v) is 14.8. The third-order valence-corrected chi connectivity index (χ3v) is 8.28. The fourth-order valence-electron chi connectivity index (χ4n) is 5.95. The summed E-state index contributed by atoms with van der Waals surface area (Å²) < 4.78 is 12.6. The second-order valence-electron chi connectivity index (χ2n) is 13.3. The van der Waals surface area contributed by atoms with E-state index in [0.29, 0.717) is 22.5 Å². The third kappa shape index (κ3) is 8.06. The lowest BCUT2D eigenvalue weighted by atomic mass is 9.73. The van der Waals surface area contributed by atoms with E-state index >= 15 is 0 Å². The molecule has 2 aromatic carbocycles. The molecule has 5 heteroatoms. The Balaban J connectivity index is 2.00. The topological polar surface area (TPSA) is 52.6 Å². The molecule has 1 aliphatic rings. The molecule has 0 spiro atoms. The Morgan fingerprint density at radius 1 is 1.07 bits per heavy atom. The second-order valence-corrected chi connectivity index (χ2v) is 13.3. The van der Waals surface area contributed by atoms with Crippen molar-refractivity contribution < 1.29 is 23.5 Å². The summed E-state index contributed by atoms with van der Waals surface area (Å²) in [5.41, 5.74) is 2.88. The van der Waals surface area contributed by atoms with Gasteiger partial charge >= 0.3 is 11.9 Å². The largest absolute Gasteiger partial charge is 0.457 e. The summed E-state index contributed by atoms with van der Waals surface area (Å²) >= 11 is 0. The van der Waals surface area contributed by atoms with Crippen LogP contribution in [0.3, 0.4) is 0 Å². The lowest BCUT2D eigenvalue weighted by molar-refractivity contribution is -0.906. The monoisotopic (exact) mass is 548 g/mol. The van der Waals surface area contributed by atoms with E-state index in [1.54, 1.807) is 6.07 Å². The van der Waals surface area contributed by atoms with Gasteiger partial charge in [-0.25, -0.2) is 9.59 Å². The molecule has 0 amide bonds. The zero-order valence-corrected chi connectivity index (χ0v) is 26.1. The highest BCUT2D eigenvalue weighted by molar-refractivity contribution is 5.90. The van der Waals surface area contributed by atoms with Crippen LogP contribution in [-0.4, -0.2) is 48.8 Å². The lowest BCUT2D eigenvalue weighted by Gasteiger charge is -2.41. The molecule has 1 fully saturated rings. The van der Waals surface area contributed by atoms with Crippen molar-refractivity contribution in [3.63, 3.8) is 0 Å². The van der Waals surface area contributed by atoms with Gasteiger partial charge in [-0.05, 0) is 88.6 Å². The predicted octanol–water partition coefficient (Wildman–Crippen LogP) is 7.80. The minimum absolute atomic E-state index is 0.162. The van der Waals surface area contributed by atoms with Gasteiger partial charge in [0.15, 0.2) is 0 Å². The number of carbonyl (C=O) groups is 2. The molecule has 1 aliphatic carbocycles. The van der Waals surface area contributed by atoms with Gasteiger partial charge in [0.25, 0.3) is 0 Å². The number of likely N-dealkylation sites (N-methyl/N-ethyl adjacent to an activating group) is 1. The molecule has 5 atom stereocenters. The number of hydrogen-bond donors (Lipinski definition) is 0. The summed E-state index contributed by atoms with van der Waals surface area (Å²) in [7, 11) is 4.11. The zero-order chi connectivity index (χ0) is 29.7. The Morgan fingerprint density at radius 2 is 1.75 bits per heavy atom. The van der Waals surface area contributed by atoms with E-state index in [0.717, 1.165) is 30.4 Å². The van der Waals surface area contributed by atoms with Crippen LogP contribution in [0.2, 0.25) is 0 Å². The number of aryl methyl sites for hydroxylation is 1. The fourth-order valence-corrected chi connectivity index (χ4v) is 5.95. The van der Waals surface area contributed by atoms with E-state index in [9.17, 15) is 9.59 Å². The van der Waals surface area contributed by atoms with Gasteiger partial charge in [-0.15, -0.1) is 0 Å². The summed E-state index contributed by atoms with van der Waals surface area (Å²) in [6, 6.07) is 15.5. The number of ether oxygens (including phenoxy) is 2. The maximum atomic E-state index is 14.3. The highest BCUT2D eigenvalue weighted by Gasteiger charge is 2.43. The average Bonchev–Trinajstić information content (AvgIpc) is 2.88. The van der Waals surface area contributed by atoms with Crippen molar-refractivity contribution in [3.05, 3.63) is 82.9 Å². The minimum atomic E-state index is -0.607. The Kier molecular flexibility index (Phi) is 10.4. The van der Waals surface area contributed by atoms with Crippen LogP contribution in [-0.2, 0) is 14.3 Å². The van der Waals surface area contributed by atoms with Crippen LogP contribution in [0.15, 0.2) is 60.7 Å². The van der Waals surface area contributed by atoms with Crippen LogP contribution in [0, 0.1) is 18.8 Å². The third-order valence-electron chi connectivity index (χ3n) is 8.28. The highest BCUT2D eigenvalue weighted by atomic mass is 16.6. The number of rotatable bonds is 9. The number of benzene rings is 2. The minimum Gasteiger partial charge on any atom is -0.457 e. The quantitative estimate of drug-likeness (QED) is 0.182. The molecule has 2 aromatic rings. The van der Waals surface area contributed by atoms with Gasteiger partial charge < -0.3 is 14.0 Å². The zero-order valence-electron chi connectivity index (χ0n) is 26.1. The van der Waals surface area contributed by atoms with E-state index in [2.05, 4.69) is 58.3 Å². The molecule has 0 aliphatic heterocycles. The van der Waals surface area contributed by atoms with E-state index in [1.165, 1.54) is 5.56 Å². The Bertz CT molecular complexity index is 1180. The molecule has 0 heterocycles. The van der Waals surface area contributed by atoms with E-state index < -0.39 is 17.6 Å². The van der Waals surface area contributed by atoms with Gasteiger partial charge in [-0.1, -0.05) is 62.7 Å². The van der Waals surface area contributed by atoms with Crippen molar-refractivity contribution >= 4 is 11.9 Å². The van der Waals surface area contributed by atoms with Crippen molar-refractivity contribution in [3.8, 4) is 0 Å². The second kappa shape index (κ2) is 13.2. The number of nitrogens with zero attached hydrogens (tertiary/aromatic N) is 1. The van der Waals surface area contributed by atoms with Gasteiger partial charge in [0.1, 0.15) is 11.7 Å². The molecule has 1 unspecified atom stereocenters. The van der Waals surface area contributed by atoms with Gasteiger partial charge in [0.05, 0.1) is 26.2 Å². The summed E-state index contributed by atoms with van der Waals surface area (Å²) in [6.07, 6.45) is 6.95. The van der Waals surface area contributed by atoms with Gasteiger partial charge in [0.2, 0.25) is 6.04 Å². The summed E-state index contributed by atoms with van der Waals surface area (Å²) in [6.45, 7) is 14.7. The van der Waals surface area contributed by atoms with Gasteiger partial charge in [-0.2, -0.15) is 0 Å². The number of allylic oxidation sites excluding steroid dienone is 1. The number of carbonyl (C=O) groups excluding carboxylic acids is 2. The molecule has 0 N–H and O–H groups in total. The molecule has 1 saturated carbocycles. The van der Waals surface area contributed by atoms with Crippen molar-refractivity contribution in [1.29, 1.82) is 0 Å². The van der Waals surface area contributed by atoms with Crippen LogP contribution >= 0.6 is 0 Å². The van der Waals surface area contributed by atoms with Crippen LogP contribution in [0.1, 0.15) is 99.8 Å². The van der Waals surface area contributed by atoms with Crippen LogP contribution in [0.5, 0.6) is 0 Å². The molecule has 0 saturated heterocycles. The van der Waals surface area contributed by atoms with Crippen LogP contribution in [0.25, 0.3) is 0 Å². The van der Waals surface area contributed by atoms with Crippen molar-refractivity contribution in [2.24, 2.45) is 11.8 Å². The molecule has 218 valence electrons. The highest BCUT2D eigenvalue weighted by Crippen LogP contribution is 2.41. The first-order valence-electron chi connectivity index (χ1n) is 14.8. The van der Waals surface area contributed by atoms with Gasteiger partial charge in [0, 0.05) is 11.5 Å². The SMILES string of the molecule is C/C=C/C[N+](C)(C)[C@H](C(=O)O[C@@H]1C[C@H](C)CC[C@H]1C(C)c1ccccc1)c1cc(C(=O)OC(C)(C)C)ccc1C. The Morgan fingerprint density at radius 3 is 2.38 bits per heavy atom. The molecule has 0 aromatic heterocycles. The summed E-state index contributed by atoms with van der Waals surface area (Å²) in [4.78, 5) is 27.3. The molecular weight excluding hydrogens is 498 g/mol. The Labute approximate surface area is 242 Å². The molecule has 40 heavy (non-hydrogen) atoms. The molecular formula is C35H50NO4+. The van der Waals surface area contributed by atoms with Crippen molar-refractivity contribution in [2.75, 3.05) is 20.6 Å². The normalized spacial score (nSPS) is 21.6. The smallest absolute Gasteiger partial charge is 0.370 e. The Hall–Kier alpha value is -2.92. The number of esters is 2. The fraction of sp³-hybridized carbons (Fsp3) is 0.543. The maximum absolute atomic E-state index is 14.3. The molecule has 5 nitrogen and oxygen atoms in total. The summed E-state index contributed by atoms with van der Waals surface area (Å²) in [5.74, 6) is 0.412. The molecule has 0 radical (unpaired) electrons. The van der Waals surface area contributed by atoms with Gasteiger partial charge in [-0.3, -0.25) is 0 Å². The molecule has 3 rings (SSSR count).